The summed E-state index contributed by atoms with van der Waals surface area (Å²) in [6.07, 6.45) is -3.16. The summed E-state index contributed by atoms with van der Waals surface area (Å²) in [6.45, 7) is 4.89. The molecule has 0 saturated carbocycles. The van der Waals surface area contributed by atoms with Crippen LogP contribution in [0.5, 0.6) is 5.75 Å². The van der Waals surface area contributed by atoms with Crippen LogP contribution in [0, 0.1) is 31.0 Å². The molecule has 2 aromatic rings. The predicted octanol–water partition coefficient (Wildman–Crippen LogP) is 3.84. The Morgan fingerprint density at radius 2 is 2.06 bits per heavy atom. The number of nitrogens with zero attached hydrogens (tertiary/aromatic N) is 5. The van der Waals surface area contributed by atoms with Crippen molar-refractivity contribution >= 4 is 23.1 Å². The molecule has 2 N–H and O–H groups in total. The van der Waals surface area contributed by atoms with E-state index in [9.17, 15) is 23.1 Å². The summed E-state index contributed by atoms with van der Waals surface area (Å²) in [5.41, 5.74) is 0.567. The van der Waals surface area contributed by atoms with Crippen molar-refractivity contribution in [1.82, 2.24) is 9.88 Å². The SMILES string of the molecule is C=C1N(CCC#N)C(CO)=NN1c1cc(OCC(F)(F)F)c(C(=O)Nc2c(C)ccnc2C)cc1F. The first-order valence-corrected chi connectivity index (χ1v) is 10.5. The van der Waals surface area contributed by atoms with Gasteiger partial charge in [0, 0.05) is 18.8 Å². The number of amides is 1. The lowest BCUT2D eigenvalue weighted by molar-refractivity contribution is -0.153. The summed E-state index contributed by atoms with van der Waals surface area (Å²) >= 11 is 0. The van der Waals surface area contributed by atoms with Gasteiger partial charge in [0.2, 0.25) is 0 Å². The highest BCUT2D eigenvalue weighted by Gasteiger charge is 2.33. The first kappa shape index (κ1) is 26.4. The normalized spacial score (nSPS) is 13.5. The zero-order valence-corrected chi connectivity index (χ0v) is 19.4. The number of anilines is 2. The van der Waals surface area contributed by atoms with Crippen LogP contribution in [0.4, 0.5) is 28.9 Å². The molecule has 1 amide bonds. The Morgan fingerprint density at radius 3 is 2.67 bits per heavy atom. The Balaban J connectivity index is 2.03. The molecular formula is C23H22F4N6O3. The molecular weight excluding hydrogens is 484 g/mol. The van der Waals surface area contributed by atoms with E-state index in [2.05, 4.69) is 22.0 Å². The molecule has 1 aromatic carbocycles. The molecule has 190 valence electrons. The number of hydrogen-bond acceptors (Lipinski definition) is 8. The molecule has 3 rings (SSSR count). The van der Waals surface area contributed by atoms with Crippen LogP contribution in [-0.4, -0.2) is 52.7 Å². The zero-order chi connectivity index (χ0) is 26.6. The molecule has 9 nitrogen and oxygen atoms in total. The first-order valence-electron chi connectivity index (χ1n) is 10.5. The van der Waals surface area contributed by atoms with Crippen LogP contribution in [0.25, 0.3) is 0 Å². The van der Waals surface area contributed by atoms with Gasteiger partial charge in [0.15, 0.2) is 12.4 Å². The summed E-state index contributed by atoms with van der Waals surface area (Å²) in [4.78, 5) is 18.4. The van der Waals surface area contributed by atoms with E-state index < -0.39 is 42.4 Å². The minimum atomic E-state index is -4.73. The number of aliphatic hydroxyl groups is 1. The van der Waals surface area contributed by atoms with Crippen molar-refractivity contribution in [3.63, 3.8) is 0 Å². The highest BCUT2D eigenvalue weighted by Crippen LogP contribution is 2.35. The Bertz CT molecular complexity index is 1240. The van der Waals surface area contributed by atoms with E-state index in [1.165, 1.54) is 11.1 Å². The van der Waals surface area contributed by atoms with E-state index in [0.717, 1.165) is 17.1 Å². The largest absolute Gasteiger partial charge is 0.483 e. The second-order valence-electron chi connectivity index (χ2n) is 7.71. The number of aliphatic hydroxyl groups excluding tert-OH is 1. The number of aromatic nitrogens is 1. The molecule has 1 aromatic heterocycles. The van der Waals surface area contributed by atoms with E-state index in [1.807, 2.05) is 6.07 Å². The number of halogens is 4. The lowest BCUT2D eigenvalue weighted by Gasteiger charge is -2.23. The highest BCUT2D eigenvalue weighted by molar-refractivity contribution is 6.07. The van der Waals surface area contributed by atoms with Gasteiger partial charge in [-0.15, -0.1) is 0 Å². The van der Waals surface area contributed by atoms with E-state index >= 15 is 4.39 Å². The second-order valence-corrected chi connectivity index (χ2v) is 7.71. The zero-order valence-electron chi connectivity index (χ0n) is 19.4. The van der Waals surface area contributed by atoms with E-state index in [1.54, 1.807) is 19.9 Å². The van der Waals surface area contributed by atoms with E-state index in [0.29, 0.717) is 16.9 Å². The number of carbonyl (C=O) groups excluding carboxylic acids is 1. The van der Waals surface area contributed by atoms with Crippen molar-refractivity contribution in [3.05, 3.63) is 59.4 Å². The minimum Gasteiger partial charge on any atom is -0.483 e. The van der Waals surface area contributed by atoms with Crippen molar-refractivity contribution in [3.8, 4) is 11.8 Å². The van der Waals surface area contributed by atoms with Gasteiger partial charge in [-0.05, 0) is 31.5 Å². The quantitative estimate of drug-likeness (QED) is 0.523. The van der Waals surface area contributed by atoms with E-state index in [4.69, 9.17) is 10.00 Å². The predicted molar refractivity (Wildman–Crippen MR) is 123 cm³/mol. The molecule has 1 aliphatic rings. The molecule has 0 unspecified atom stereocenters. The molecule has 0 bridgehead atoms. The van der Waals surface area contributed by atoms with E-state index in [-0.39, 0.29) is 30.3 Å². The summed E-state index contributed by atoms with van der Waals surface area (Å²) < 4.78 is 58.9. The number of hydrogen-bond donors (Lipinski definition) is 2. The number of hydrazone groups is 1. The second kappa shape index (κ2) is 10.6. The Hall–Kier alpha value is -4.18. The molecule has 13 heteroatoms. The summed E-state index contributed by atoms with van der Waals surface area (Å²) in [5, 5.41) is 26.0. The molecule has 36 heavy (non-hydrogen) atoms. The third-order valence-corrected chi connectivity index (χ3v) is 5.17. The number of nitrogens with one attached hydrogen (secondary N) is 1. The number of alkyl halides is 3. The van der Waals surface area contributed by atoms with Crippen molar-refractivity contribution in [2.24, 2.45) is 5.10 Å². The van der Waals surface area contributed by atoms with Crippen LogP contribution >= 0.6 is 0 Å². The smallest absolute Gasteiger partial charge is 0.422 e. The fourth-order valence-electron chi connectivity index (χ4n) is 3.45. The lowest BCUT2D eigenvalue weighted by atomic mass is 10.1. The minimum absolute atomic E-state index is 0.0423. The number of pyridine rings is 1. The number of aryl methyl sites for hydroxylation is 2. The summed E-state index contributed by atoms with van der Waals surface area (Å²) in [6, 6.07) is 5.18. The Morgan fingerprint density at radius 1 is 1.33 bits per heavy atom. The molecule has 0 aliphatic carbocycles. The summed E-state index contributed by atoms with van der Waals surface area (Å²) in [7, 11) is 0. The van der Waals surface area contributed by atoms with Crippen molar-refractivity contribution in [1.29, 1.82) is 5.26 Å². The number of rotatable bonds is 8. The topological polar surface area (TPSA) is 114 Å². The van der Waals surface area contributed by atoms with Gasteiger partial charge in [-0.2, -0.15) is 23.5 Å². The maximum atomic E-state index is 15.2. The number of amidine groups is 1. The van der Waals surface area contributed by atoms with Gasteiger partial charge in [-0.25, -0.2) is 9.40 Å². The van der Waals surface area contributed by atoms with Crippen LogP contribution < -0.4 is 15.1 Å². The van der Waals surface area contributed by atoms with Crippen LogP contribution in [0.2, 0.25) is 0 Å². The summed E-state index contributed by atoms with van der Waals surface area (Å²) in [5.74, 6) is -2.37. The Kier molecular flexibility index (Phi) is 7.79. The molecule has 0 radical (unpaired) electrons. The average Bonchev–Trinajstić information content (AvgIpc) is 3.13. The number of ether oxygens (including phenoxy) is 1. The third kappa shape index (κ3) is 5.72. The highest BCUT2D eigenvalue weighted by atomic mass is 19.4. The molecule has 0 saturated heterocycles. The molecule has 0 spiro atoms. The van der Waals surface area contributed by atoms with Crippen LogP contribution in [0.15, 0.2) is 41.9 Å². The Labute approximate surface area is 203 Å². The van der Waals surface area contributed by atoms with Crippen molar-refractivity contribution in [2.75, 3.05) is 30.1 Å². The maximum Gasteiger partial charge on any atom is 0.422 e. The molecule has 0 fully saturated rings. The molecule has 2 heterocycles. The average molecular weight is 506 g/mol. The van der Waals surface area contributed by atoms with Gasteiger partial charge in [0.1, 0.15) is 29.7 Å². The third-order valence-electron chi connectivity index (χ3n) is 5.17. The van der Waals surface area contributed by atoms with Crippen LogP contribution in [-0.2, 0) is 0 Å². The lowest BCUT2D eigenvalue weighted by Crippen LogP contribution is -2.31. The van der Waals surface area contributed by atoms with Gasteiger partial charge in [-0.1, -0.05) is 6.58 Å². The monoisotopic (exact) mass is 506 g/mol. The van der Waals surface area contributed by atoms with Crippen molar-refractivity contribution < 1.29 is 32.2 Å². The van der Waals surface area contributed by atoms with Crippen LogP contribution in [0.3, 0.4) is 0 Å². The first-order chi connectivity index (χ1) is 17.0. The van der Waals surface area contributed by atoms with Crippen molar-refractivity contribution in [2.45, 2.75) is 26.4 Å². The van der Waals surface area contributed by atoms with Gasteiger partial charge in [0.05, 0.1) is 29.4 Å². The number of nitriles is 1. The standard InChI is InChI=1S/C23H22F4N6O3/c1-13-5-7-29-14(2)21(13)30-22(35)16-9-17(24)18(10-19(16)36-12-23(25,26)27)33-15(3)32(8-4-6-28)20(11-34)31-33/h5,7,9-10,34H,3-4,8,11-12H2,1-2H3,(H,30,35). The van der Waals surface area contributed by atoms with Crippen LogP contribution in [0.1, 0.15) is 28.0 Å². The van der Waals surface area contributed by atoms with Gasteiger partial charge in [0.25, 0.3) is 5.91 Å². The molecule has 0 atom stereocenters. The fourth-order valence-corrected chi connectivity index (χ4v) is 3.45. The fraction of sp³-hybridized carbons (Fsp3) is 0.304. The maximum absolute atomic E-state index is 15.2. The number of carbonyl (C=O) groups is 1. The van der Waals surface area contributed by atoms with Gasteiger partial charge >= 0.3 is 6.18 Å². The van der Waals surface area contributed by atoms with Gasteiger partial charge < -0.3 is 20.1 Å². The number of benzene rings is 1. The van der Waals surface area contributed by atoms with Gasteiger partial charge in [-0.3, -0.25) is 9.78 Å². The molecule has 1 aliphatic heterocycles.